The number of hydrogen-bond acceptors (Lipinski definition) is 0. The SMILES string of the molecule is Cc1cccc(-c2cccc3ccc4c5ccccc5cc4c3c2)c1. The third kappa shape index (κ3) is 2.30. The zero-order valence-electron chi connectivity index (χ0n) is 14.2. The van der Waals surface area contributed by atoms with Crippen LogP contribution in [-0.2, 0) is 0 Å². The fourth-order valence-electron chi connectivity index (χ4n) is 3.84. The van der Waals surface area contributed by atoms with Gasteiger partial charge < -0.3 is 0 Å². The molecular weight excluding hydrogens is 300 g/mol. The van der Waals surface area contributed by atoms with Gasteiger partial charge in [0.25, 0.3) is 0 Å². The molecule has 0 fully saturated rings. The van der Waals surface area contributed by atoms with E-state index in [1.807, 2.05) is 0 Å². The van der Waals surface area contributed by atoms with Crippen molar-refractivity contribution < 1.29 is 0 Å². The standard InChI is InChI=1S/C25H18/c1-17-6-4-9-19(14-17)20-10-5-8-18-12-13-23-22-11-3-2-7-21(22)16-25(23)24(18)15-20/h2-16H,1H3. The zero-order chi connectivity index (χ0) is 16.8. The van der Waals surface area contributed by atoms with Crippen molar-refractivity contribution in [3.8, 4) is 11.1 Å². The summed E-state index contributed by atoms with van der Waals surface area (Å²) in [5.41, 5.74) is 3.82. The second-order valence-corrected chi connectivity index (χ2v) is 6.76. The van der Waals surface area contributed by atoms with Gasteiger partial charge in [-0.25, -0.2) is 0 Å². The van der Waals surface area contributed by atoms with Gasteiger partial charge in [-0.05, 0) is 62.5 Å². The Morgan fingerprint density at radius 2 is 1.20 bits per heavy atom. The van der Waals surface area contributed by atoms with Crippen molar-refractivity contribution in [3.63, 3.8) is 0 Å². The van der Waals surface area contributed by atoms with Gasteiger partial charge in [0, 0.05) is 0 Å². The first-order chi connectivity index (χ1) is 12.3. The van der Waals surface area contributed by atoms with Crippen LogP contribution >= 0.6 is 0 Å². The van der Waals surface area contributed by atoms with Crippen LogP contribution in [0.2, 0.25) is 0 Å². The number of rotatable bonds is 1. The Bertz CT molecular complexity index is 1250. The molecule has 0 bridgehead atoms. The Morgan fingerprint density at radius 3 is 2.08 bits per heavy atom. The van der Waals surface area contributed by atoms with Gasteiger partial charge in [0.05, 0.1) is 0 Å². The Kier molecular flexibility index (Phi) is 3.11. The van der Waals surface area contributed by atoms with Crippen LogP contribution in [0.4, 0.5) is 0 Å². The summed E-state index contributed by atoms with van der Waals surface area (Å²) in [5, 5.41) is 7.92. The van der Waals surface area contributed by atoms with E-state index < -0.39 is 0 Å². The molecule has 5 aromatic carbocycles. The number of benzene rings is 3. The summed E-state index contributed by atoms with van der Waals surface area (Å²) in [7, 11) is 0. The Hall–Kier alpha value is -3.12. The maximum Gasteiger partial charge on any atom is -0.00928 e. The summed E-state index contributed by atoms with van der Waals surface area (Å²) in [4.78, 5) is 0. The van der Waals surface area contributed by atoms with Crippen LogP contribution in [0.3, 0.4) is 0 Å². The highest BCUT2D eigenvalue weighted by Crippen LogP contribution is 2.35. The molecule has 0 atom stereocenters. The molecule has 5 rings (SSSR count). The topological polar surface area (TPSA) is 0 Å². The minimum Gasteiger partial charge on any atom is -0.0616 e. The predicted octanol–water partition coefficient (Wildman–Crippen LogP) is 7.12. The van der Waals surface area contributed by atoms with Crippen LogP contribution < -0.4 is 0 Å². The first-order valence-corrected chi connectivity index (χ1v) is 8.71. The molecule has 0 radical (unpaired) electrons. The van der Waals surface area contributed by atoms with Gasteiger partial charge in [-0.2, -0.15) is 0 Å². The van der Waals surface area contributed by atoms with Crippen LogP contribution in [0.1, 0.15) is 5.56 Å². The second kappa shape index (κ2) is 5.46. The van der Waals surface area contributed by atoms with Crippen LogP contribution in [-0.4, -0.2) is 0 Å². The van der Waals surface area contributed by atoms with Gasteiger partial charge >= 0.3 is 0 Å². The molecule has 0 aliphatic heterocycles. The van der Waals surface area contributed by atoms with Crippen LogP contribution in [0, 0.1) is 6.92 Å². The molecule has 0 heterocycles. The molecule has 118 valence electrons. The van der Waals surface area contributed by atoms with Crippen molar-refractivity contribution in [3.05, 3.63) is 96.6 Å². The van der Waals surface area contributed by atoms with Crippen LogP contribution in [0.5, 0.6) is 0 Å². The molecule has 0 nitrogen and oxygen atoms in total. The van der Waals surface area contributed by atoms with Crippen molar-refractivity contribution >= 4 is 32.3 Å². The van der Waals surface area contributed by atoms with Crippen molar-refractivity contribution in [1.29, 1.82) is 0 Å². The lowest BCUT2D eigenvalue weighted by Gasteiger charge is -2.02. The third-order valence-corrected chi connectivity index (χ3v) is 5.07. The zero-order valence-corrected chi connectivity index (χ0v) is 14.2. The highest BCUT2D eigenvalue weighted by atomic mass is 14.1. The molecule has 0 aromatic heterocycles. The Labute approximate surface area is 147 Å². The van der Waals surface area contributed by atoms with Crippen molar-refractivity contribution in [2.45, 2.75) is 6.92 Å². The number of aryl methyl sites for hydroxylation is 1. The lowest BCUT2D eigenvalue weighted by Crippen LogP contribution is -1.77. The van der Waals surface area contributed by atoms with E-state index in [9.17, 15) is 0 Å². The molecule has 0 aliphatic rings. The molecular formula is C25H18. The van der Waals surface area contributed by atoms with E-state index >= 15 is 0 Å². The summed E-state index contributed by atoms with van der Waals surface area (Å²) in [6, 6.07) is 33.1. The summed E-state index contributed by atoms with van der Waals surface area (Å²) >= 11 is 0. The predicted molar refractivity (Wildman–Crippen MR) is 109 cm³/mol. The van der Waals surface area contributed by atoms with Crippen molar-refractivity contribution in [2.24, 2.45) is 0 Å². The molecule has 0 spiro atoms. The summed E-state index contributed by atoms with van der Waals surface area (Å²) < 4.78 is 0. The summed E-state index contributed by atoms with van der Waals surface area (Å²) in [5.74, 6) is 0. The number of fused-ring (bicyclic) bond motifs is 5. The number of hydrogen-bond donors (Lipinski definition) is 0. The smallest absolute Gasteiger partial charge is 0.00928 e. The molecule has 0 unspecified atom stereocenters. The fourth-order valence-corrected chi connectivity index (χ4v) is 3.84. The van der Waals surface area contributed by atoms with Gasteiger partial charge in [-0.3, -0.25) is 0 Å². The Morgan fingerprint density at radius 1 is 0.440 bits per heavy atom. The summed E-state index contributed by atoms with van der Waals surface area (Å²) in [6.07, 6.45) is 0. The van der Waals surface area contributed by atoms with E-state index in [0.29, 0.717) is 0 Å². The lowest BCUT2D eigenvalue weighted by molar-refractivity contribution is 1.47. The van der Waals surface area contributed by atoms with Gasteiger partial charge in [0.1, 0.15) is 0 Å². The van der Waals surface area contributed by atoms with E-state index in [1.54, 1.807) is 0 Å². The monoisotopic (exact) mass is 318 g/mol. The highest BCUT2D eigenvalue weighted by molar-refractivity contribution is 6.21. The van der Waals surface area contributed by atoms with E-state index in [1.165, 1.54) is 49.0 Å². The van der Waals surface area contributed by atoms with Gasteiger partial charge in [0.2, 0.25) is 0 Å². The second-order valence-electron chi connectivity index (χ2n) is 6.76. The fraction of sp³-hybridized carbons (Fsp3) is 0.0400. The van der Waals surface area contributed by atoms with Gasteiger partial charge in [0.15, 0.2) is 0 Å². The quantitative estimate of drug-likeness (QED) is 0.308. The molecule has 0 saturated heterocycles. The highest BCUT2D eigenvalue weighted by Gasteiger charge is 2.07. The normalized spacial score (nSPS) is 11.4. The first-order valence-electron chi connectivity index (χ1n) is 8.71. The summed E-state index contributed by atoms with van der Waals surface area (Å²) in [6.45, 7) is 2.15. The van der Waals surface area contributed by atoms with Gasteiger partial charge in [-0.15, -0.1) is 0 Å². The average Bonchev–Trinajstić information content (AvgIpc) is 2.86. The van der Waals surface area contributed by atoms with E-state index in [-0.39, 0.29) is 0 Å². The van der Waals surface area contributed by atoms with Crippen molar-refractivity contribution in [2.75, 3.05) is 0 Å². The lowest BCUT2D eigenvalue weighted by atomic mass is 10.0. The maximum absolute atomic E-state index is 2.34. The molecule has 0 aliphatic carbocycles. The largest absolute Gasteiger partial charge is 0.0616 e. The first kappa shape index (κ1) is 14.2. The minimum absolute atomic E-state index is 1.26. The molecule has 0 amide bonds. The van der Waals surface area contributed by atoms with E-state index in [4.69, 9.17) is 0 Å². The van der Waals surface area contributed by atoms with E-state index in [2.05, 4.69) is 97.9 Å². The Balaban J connectivity index is 1.90. The van der Waals surface area contributed by atoms with Gasteiger partial charge in [-0.1, -0.05) is 84.4 Å². The molecule has 0 N–H and O–H groups in total. The molecule has 5 aromatic rings. The molecule has 25 heavy (non-hydrogen) atoms. The maximum atomic E-state index is 2.34. The minimum atomic E-state index is 1.26. The van der Waals surface area contributed by atoms with E-state index in [0.717, 1.165) is 0 Å². The van der Waals surface area contributed by atoms with Crippen molar-refractivity contribution in [1.82, 2.24) is 0 Å². The molecule has 0 saturated carbocycles. The average molecular weight is 318 g/mol. The molecule has 0 heteroatoms. The van der Waals surface area contributed by atoms with Crippen LogP contribution in [0.15, 0.2) is 91.0 Å². The third-order valence-electron chi connectivity index (χ3n) is 5.07. The van der Waals surface area contributed by atoms with Crippen LogP contribution in [0.25, 0.3) is 43.4 Å².